The van der Waals surface area contributed by atoms with Crippen molar-refractivity contribution in [3.05, 3.63) is 60.2 Å². The van der Waals surface area contributed by atoms with E-state index in [1.807, 2.05) is 30.3 Å². The molecule has 3 rings (SSSR count). The lowest BCUT2D eigenvalue weighted by Crippen LogP contribution is -2.31. The van der Waals surface area contributed by atoms with Crippen LogP contribution in [0.1, 0.15) is 16.8 Å². The van der Waals surface area contributed by atoms with E-state index in [1.54, 1.807) is 36.3 Å². The normalized spacial score (nSPS) is 17.0. The van der Waals surface area contributed by atoms with Crippen LogP contribution in [-0.4, -0.2) is 32.0 Å². The topological polar surface area (TPSA) is 58.6 Å². The molecule has 2 amide bonds. The lowest BCUT2D eigenvalue weighted by atomic mass is 10.1. The predicted molar refractivity (Wildman–Crippen MR) is 92.2 cm³/mol. The van der Waals surface area contributed by atoms with Gasteiger partial charge in [0.1, 0.15) is 5.75 Å². The summed E-state index contributed by atoms with van der Waals surface area (Å²) in [4.78, 5) is 26.2. The number of methoxy groups -OCH3 is 1. The molecule has 0 aromatic heterocycles. The number of ether oxygens (including phenoxy) is 1. The molecule has 1 fully saturated rings. The van der Waals surface area contributed by atoms with Crippen LogP contribution < -0.4 is 15.0 Å². The van der Waals surface area contributed by atoms with Crippen molar-refractivity contribution in [1.29, 1.82) is 0 Å². The third-order valence-corrected chi connectivity index (χ3v) is 4.16. The van der Waals surface area contributed by atoms with Crippen LogP contribution in [0.3, 0.4) is 0 Å². The summed E-state index contributed by atoms with van der Waals surface area (Å²) in [5.74, 6) is 0.711. The molecular formula is C19H20N2O3. The minimum Gasteiger partial charge on any atom is -0.497 e. The summed E-state index contributed by atoms with van der Waals surface area (Å²) in [5, 5.41) is 2.91. The molecule has 1 N–H and O–H groups in total. The zero-order valence-electron chi connectivity index (χ0n) is 13.6. The van der Waals surface area contributed by atoms with E-state index in [9.17, 15) is 9.59 Å². The Morgan fingerprint density at radius 1 is 1.21 bits per heavy atom. The molecule has 1 atom stereocenters. The highest BCUT2D eigenvalue weighted by Crippen LogP contribution is 2.24. The maximum absolute atomic E-state index is 12.2. The van der Waals surface area contributed by atoms with Gasteiger partial charge in [0.2, 0.25) is 5.91 Å². The fourth-order valence-corrected chi connectivity index (χ4v) is 2.88. The van der Waals surface area contributed by atoms with E-state index in [-0.39, 0.29) is 17.7 Å². The highest BCUT2D eigenvalue weighted by Gasteiger charge is 2.30. The van der Waals surface area contributed by atoms with Crippen LogP contribution in [0.25, 0.3) is 0 Å². The molecule has 5 heteroatoms. The average molecular weight is 324 g/mol. The number of anilines is 1. The summed E-state index contributed by atoms with van der Waals surface area (Å²) in [7, 11) is 1.57. The van der Waals surface area contributed by atoms with Gasteiger partial charge in [0.15, 0.2) is 0 Å². The minimum atomic E-state index is -0.153. The molecule has 0 aliphatic carbocycles. The number of carbonyl (C=O) groups excluding carboxylic acids is 2. The first-order valence-electron chi connectivity index (χ1n) is 7.95. The lowest BCUT2D eigenvalue weighted by molar-refractivity contribution is -0.117. The Morgan fingerprint density at radius 2 is 2.00 bits per heavy atom. The second kappa shape index (κ2) is 7.17. The quantitative estimate of drug-likeness (QED) is 0.919. The third kappa shape index (κ3) is 3.56. The molecule has 0 spiro atoms. The van der Waals surface area contributed by atoms with Gasteiger partial charge < -0.3 is 15.0 Å². The fraction of sp³-hybridized carbons (Fsp3) is 0.263. The molecule has 0 saturated carbocycles. The number of para-hydroxylation sites is 1. The average Bonchev–Trinajstić information content (AvgIpc) is 3.01. The smallest absolute Gasteiger partial charge is 0.251 e. The van der Waals surface area contributed by atoms with E-state index in [1.165, 1.54) is 0 Å². The van der Waals surface area contributed by atoms with E-state index in [0.717, 1.165) is 5.69 Å². The number of carbonyl (C=O) groups is 2. The van der Waals surface area contributed by atoms with E-state index in [2.05, 4.69) is 5.32 Å². The molecule has 0 radical (unpaired) electrons. The van der Waals surface area contributed by atoms with Crippen LogP contribution in [0, 0.1) is 5.92 Å². The number of amides is 2. The number of nitrogens with zero attached hydrogens (tertiary/aromatic N) is 1. The van der Waals surface area contributed by atoms with Gasteiger partial charge in [-0.3, -0.25) is 9.59 Å². The van der Waals surface area contributed by atoms with Crippen LogP contribution in [0.15, 0.2) is 54.6 Å². The van der Waals surface area contributed by atoms with Crippen molar-refractivity contribution in [2.45, 2.75) is 6.42 Å². The molecule has 124 valence electrons. The van der Waals surface area contributed by atoms with Gasteiger partial charge in [-0.2, -0.15) is 0 Å². The number of rotatable bonds is 5. The fourth-order valence-electron chi connectivity index (χ4n) is 2.88. The first-order valence-corrected chi connectivity index (χ1v) is 7.95. The largest absolute Gasteiger partial charge is 0.497 e. The lowest BCUT2D eigenvalue weighted by Gasteiger charge is -2.17. The molecule has 1 heterocycles. The van der Waals surface area contributed by atoms with Gasteiger partial charge in [-0.1, -0.05) is 24.3 Å². The Kier molecular flexibility index (Phi) is 4.79. The van der Waals surface area contributed by atoms with Crippen LogP contribution in [0.2, 0.25) is 0 Å². The monoisotopic (exact) mass is 324 g/mol. The highest BCUT2D eigenvalue weighted by atomic mass is 16.5. The van der Waals surface area contributed by atoms with Crippen LogP contribution >= 0.6 is 0 Å². The summed E-state index contributed by atoms with van der Waals surface area (Å²) >= 11 is 0. The first kappa shape index (κ1) is 16.1. The van der Waals surface area contributed by atoms with E-state index in [4.69, 9.17) is 4.74 Å². The SMILES string of the molecule is COc1cccc(C(=O)NC[C@@H]2CC(=O)N(c3ccccc3)C2)c1. The van der Waals surface area contributed by atoms with Gasteiger partial charge in [0, 0.05) is 36.7 Å². The summed E-state index contributed by atoms with van der Waals surface area (Å²) in [5.41, 5.74) is 1.46. The number of hydrogen-bond donors (Lipinski definition) is 1. The Bertz CT molecular complexity index is 730. The van der Waals surface area contributed by atoms with Gasteiger partial charge in [-0.25, -0.2) is 0 Å². The second-order valence-electron chi connectivity index (χ2n) is 5.85. The molecule has 2 aromatic rings. The van der Waals surface area contributed by atoms with Crippen LogP contribution in [0.4, 0.5) is 5.69 Å². The van der Waals surface area contributed by atoms with Gasteiger partial charge >= 0.3 is 0 Å². The second-order valence-corrected chi connectivity index (χ2v) is 5.85. The van der Waals surface area contributed by atoms with Crippen molar-refractivity contribution in [1.82, 2.24) is 5.32 Å². The molecule has 1 aliphatic heterocycles. The van der Waals surface area contributed by atoms with Crippen molar-refractivity contribution in [3.63, 3.8) is 0 Å². The van der Waals surface area contributed by atoms with Crippen molar-refractivity contribution < 1.29 is 14.3 Å². The maximum atomic E-state index is 12.2. The molecule has 5 nitrogen and oxygen atoms in total. The summed E-state index contributed by atoms with van der Waals surface area (Å²) in [6.07, 6.45) is 0.452. The Morgan fingerprint density at radius 3 is 2.75 bits per heavy atom. The number of hydrogen-bond acceptors (Lipinski definition) is 3. The van der Waals surface area contributed by atoms with Crippen molar-refractivity contribution >= 4 is 17.5 Å². The van der Waals surface area contributed by atoms with Crippen LogP contribution in [-0.2, 0) is 4.79 Å². The van der Waals surface area contributed by atoms with E-state index < -0.39 is 0 Å². The Labute approximate surface area is 141 Å². The molecule has 24 heavy (non-hydrogen) atoms. The first-order chi connectivity index (χ1) is 11.7. The molecule has 0 bridgehead atoms. The van der Waals surface area contributed by atoms with Crippen LogP contribution in [0.5, 0.6) is 5.75 Å². The zero-order valence-corrected chi connectivity index (χ0v) is 13.6. The number of nitrogens with one attached hydrogen (secondary N) is 1. The molecule has 0 unspecified atom stereocenters. The Balaban J connectivity index is 1.57. The molecule has 2 aromatic carbocycles. The van der Waals surface area contributed by atoms with E-state index in [0.29, 0.717) is 30.8 Å². The highest BCUT2D eigenvalue weighted by molar-refractivity contribution is 5.96. The van der Waals surface area contributed by atoms with Crippen molar-refractivity contribution in [3.8, 4) is 5.75 Å². The van der Waals surface area contributed by atoms with Crippen molar-refractivity contribution in [2.24, 2.45) is 5.92 Å². The Hall–Kier alpha value is -2.82. The van der Waals surface area contributed by atoms with Gasteiger partial charge in [0.25, 0.3) is 5.91 Å². The third-order valence-electron chi connectivity index (χ3n) is 4.16. The van der Waals surface area contributed by atoms with Crippen molar-refractivity contribution in [2.75, 3.05) is 25.1 Å². The summed E-state index contributed by atoms with van der Waals surface area (Å²) in [6, 6.07) is 16.6. The zero-order chi connectivity index (χ0) is 16.9. The maximum Gasteiger partial charge on any atom is 0.251 e. The minimum absolute atomic E-state index is 0.0989. The number of benzene rings is 2. The van der Waals surface area contributed by atoms with Gasteiger partial charge in [-0.15, -0.1) is 0 Å². The van der Waals surface area contributed by atoms with Gasteiger partial charge in [0.05, 0.1) is 7.11 Å². The molecule has 1 saturated heterocycles. The molecular weight excluding hydrogens is 304 g/mol. The predicted octanol–water partition coefficient (Wildman–Crippen LogP) is 2.48. The standard InChI is InChI=1S/C19H20N2O3/c1-24-17-9-5-6-15(11-17)19(23)20-12-14-10-18(22)21(13-14)16-7-3-2-4-8-16/h2-9,11,14H,10,12-13H2,1H3,(H,20,23)/t14-/m0/s1. The summed E-state index contributed by atoms with van der Waals surface area (Å²) < 4.78 is 5.13. The van der Waals surface area contributed by atoms with Gasteiger partial charge in [-0.05, 0) is 30.3 Å². The summed E-state index contributed by atoms with van der Waals surface area (Å²) in [6.45, 7) is 1.10. The molecule has 1 aliphatic rings. The van der Waals surface area contributed by atoms with E-state index >= 15 is 0 Å².